The lowest BCUT2D eigenvalue weighted by Crippen LogP contribution is -2.44. The number of phenols is 1. The van der Waals surface area contributed by atoms with Crippen molar-refractivity contribution in [1.29, 1.82) is 0 Å². The second-order valence-electron chi connectivity index (χ2n) is 9.10. The summed E-state index contributed by atoms with van der Waals surface area (Å²) in [5.41, 5.74) is 4.18. The van der Waals surface area contributed by atoms with Gasteiger partial charge in [-0.15, -0.1) is 0 Å². The van der Waals surface area contributed by atoms with Crippen LogP contribution in [0.2, 0.25) is 0 Å². The van der Waals surface area contributed by atoms with Gasteiger partial charge in [0.2, 0.25) is 17.5 Å². The van der Waals surface area contributed by atoms with Crippen LogP contribution in [0.1, 0.15) is 35.3 Å². The van der Waals surface area contributed by atoms with Crippen molar-refractivity contribution >= 4 is 23.1 Å². The molecule has 2 aromatic carbocycles. The number of aromatic nitrogens is 1. The minimum Gasteiger partial charge on any atom is -0.502 e. The summed E-state index contributed by atoms with van der Waals surface area (Å²) >= 11 is 0. The van der Waals surface area contributed by atoms with E-state index in [0.717, 1.165) is 16.7 Å². The summed E-state index contributed by atoms with van der Waals surface area (Å²) < 4.78 is 36.0. The van der Waals surface area contributed by atoms with Gasteiger partial charge in [0, 0.05) is 0 Å². The number of nitrogens with one attached hydrogen (secondary N) is 2. The SMILES string of the molecule is COc1cc(C=C2C(C)=C(C(NCc3ncco3)C(=O)NCc3ccco3)c3cc(F)ccc32)cc(OC)c1O. The van der Waals surface area contributed by atoms with Gasteiger partial charge in [0.05, 0.1) is 39.8 Å². The first-order valence-corrected chi connectivity index (χ1v) is 12.5. The number of benzene rings is 2. The zero-order valence-corrected chi connectivity index (χ0v) is 22.2. The average Bonchev–Trinajstić information content (AvgIpc) is 3.72. The zero-order valence-electron chi connectivity index (χ0n) is 22.2. The number of oxazole rings is 1. The molecule has 1 aliphatic rings. The molecule has 0 fully saturated rings. The minimum atomic E-state index is -0.878. The van der Waals surface area contributed by atoms with Crippen molar-refractivity contribution in [3.63, 3.8) is 0 Å². The summed E-state index contributed by atoms with van der Waals surface area (Å²) in [4.78, 5) is 17.8. The summed E-state index contributed by atoms with van der Waals surface area (Å²) in [5.74, 6) is 0.611. The number of hydrogen-bond acceptors (Lipinski definition) is 8. The lowest BCUT2D eigenvalue weighted by Gasteiger charge is -2.21. The Kier molecular flexibility index (Phi) is 7.70. The Hall–Kier alpha value is -4.83. The van der Waals surface area contributed by atoms with E-state index in [2.05, 4.69) is 15.6 Å². The summed E-state index contributed by atoms with van der Waals surface area (Å²) in [7, 11) is 2.90. The maximum Gasteiger partial charge on any atom is 0.242 e. The van der Waals surface area contributed by atoms with Crippen LogP contribution in [0.5, 0.6) is 17.2 Å². The monoisotopic (exact) mass is 545 g/mol. The number of carbonyl (C=O) groups excluding carboxylic acids is 1. The molecule has 1 aliphatic carbocycles. The summed E-state index contributed by atoms with van der Waals surface area (Å²) in [6.07, 6.45) is 6.39. The maximum atomic E-state index is 14.6. The van der Waals surface area contributed by atoms with Crippen LogP contribution < -0.4 is 20.1 Å². The van der Waals surface area contributed by atoms with Crippen LogP contribution in [0.3, 0.4) is 0 Å². The number of aromatic hydroxyl groups is 1. The molecule has 0 bridgehead atoms. The van der Waals surface area contributed by atoms with E-state index in [1.54, 1.807) is 30.3 Å². The van der Waals surface area contributed by atoms with E-state index in [0.29, 0.717) is 28.4 Å². The Labute approximate surface area is 229 Å². The molecule has 1 atom stereocenters. The largest absolute Gasteiger partial charge is 0.502 e. The highest BCUT2D eigenvalue weighted by atomic mass is 19.1. The molecule has 1 amide bonds. The Balaban J connectivity index is 1.59. The third-order valence-electron chi connectivity index (χ3n) is 6.69. The van der Waals surface area contributed by atoms with E-state index in [9.17, 15) is 14.3 Å². The number of nitrogens with zero attached hydrogens (tertiary/aromatic N) is 1. The Morgan fingerprint density at radius 2 is 1.85 bits per heavy atom. The fraction of sp³-hybridized carbons (Fsp3) is 0.200. The standard InChI is InChI=1S/C30H28FN3O6/c1-17-22(11-18-12-24(37-2)29(35)25(13-18)38-3)21-7-6-19(31)14-23(21)27(17)28(33-16-26-32-8-10-40-26)30(36)34-15-20-5-4-9-39-20/h4-14,28,33,35H,15-16H2,1-3H3,(H,34,36). The van der Waals surface area contributed by atoms with Gasteiger partial charge >= 0.3 is 0 Å². The van der Waals surface area contributed by atoms with Crippen molar-refractivity contribution in [2.45, 2.75) is 26.1 Å². The minimum absolute atomic E-state index is 0.113. The molecule has 0 aliphatic heterocycles. The van der Waals surface area contributed by atoms with E-state index in [4.69, 9.17) is 18.3 Å². The van der Waals surface area contributed by atoms with Gasteiger partial charge in [-0.25, -0.2) is 9.37 Å². The molecular weight excluding hydrogens is 517 g/mol. The van der Waals surface area contributed by atoms with Gasteiger partial charge in [-0.1, -0.05) is 6.07 Å². The number of allylic oxidation sites excluding steroid dienone is 2. The molecule has 3 N–H and O–H groups in total. The summed E-state index contributed by atoms with van der Waals surface area (Å²) in [6, 6.07) is 10.5. The highest BCUT2D eigenvalue weighted by Crippen LogP contribution is 2.45. The van der Waals surface area contributed by atoms with Crippen molar-refractivity contribution in [3.8, 4) is 17.2 Å². The van der Waals surface area contributed by atoms with Crippen LogP contribution >= 0.6 is 0 Å². The van der Waals surface area contributed by atoms with E-state index in [1.165, 1.54) is 45.1 Å². The first-order valence-electron chi connectivity index (χ1n) is 12.5. The average molecular weight is 546 g/mol. The van der Waals surface area contributed by atoms with Crippen LogP contribution in [0.15, 0.2) is 75.6 Å². The second-order valence-corrected chi connectivity index (χ2v) is 9.10. The number of amides is 1. The van der Waals surface area contributed by atoms with E-state index < -0.39 is 11.9 Å². The first-order chi connectivity index (χ1) is 19.4. The molecule has 0 saturated carbocycles. The molecule has 40 heavy (non-hydrogen) atoms. The predicted octanol–water partition coefficient (Wildman–Crippen LogP) is 4.93. The smallest absolute Gasteiger partial charge is 0.242 e. The molecule has 2 aromatic heterocycles. The molecule has 10 heteroatoms. The number of furan rings is 1. The van der Waals surface area contributed by atoms with Crippen molar-refractivity contribution < 1.29 is 32.6 Å². The number of rotatable bonds is 10. The molecular formula is C30H28FN3O6. The van der Waals surface area contributed by atoms with Crippen molar-refractivity contribution in [1.82, 2.24) is 15.6 Å². The predicted molar refractivity (Wildman–Crippen MR) is 146 cm³/mol. The van der Waals surface area contributed by atoms with E-state index in [-0.39, 0.29) is 36.2 Å². The zero-order chi connectivity index (χ0) is 28.2. The van der Waals surface area contributed by atoms with Crippen LogP contribution in [-0.4, -0.2) is 36.3 Å². The number of phenolic OH excluding ortho intramolecular Hbond substituents is 1. The molecule has 9 nitrogen and oxygen atoms in total. The Morgan fingerprint density at radius 1 is 1.07 bits per heavy atom. The van der Waals surface area contributed by atoms with Gasteiger partial charge in [-0.2, -0.15) is 0 Å². The molecule has 5 rings (SSSR count). The molecule has 1 unspecified atom stereocenters. The third kappa shape index (κ3) is 5.34. The van der Waals surface area contributed by atoms with E-state index >= 15 is 0 Å². The highest BCUT2D eigenvalue weighted by molar-refractivity contribution is 6.11. The highest BCUT2D eigenvalue weighted by Gasteiger charge is 2.33. The van der Waals surface area contributed by atoms with Crippen LogP contribution in [0.25, 0.3) is 17.2 Å². The number of fused-ring (bicyclic) bond motifs is 1. The molecule has 0 saturated heterocycles. The van der Waals surface area contributed by atoms with Gasteiger partial charge in [0.15, 0.2) is 11.5 Å². The van der Waals surface area contributed by atoms with Gasteiger partial charge in [-0.3, -0.25) is 10.1 Å². The Bertz CT molecular complexity index is 1550. The second kappa shape index (κ2) is 11.5. The quantitative estimate of drug-likeness (QED) is 0.257. The van der Waals surface area contributed by atoms with Crippen LogP contribution in [-0.2, 0) is 17.9 Å². The Morgan fingerprint density at radius 3 is 2.50 bits per heavy atom. The topological polar surface area (TPSA) is 119 Å². The van der Waals surface area contributed by atoms with Crippen LogP contribution in [0.4, 0.5) is 4.39 Å². The number of halogens is 1. The summed E-state index contributed by atoms with van der Waals surface area (Å²) in [5, 5.41) is 16.5. The normalized spacial score (nSPS) is 14.3. The molecule has 0 spiro atoms. The molecule has 4 aromatic rings. The summed E-state index contributed by atoms with van der Waals surface area (Å²) in [6.45, 7) is 2.23. The molecule has 0 radical (unpaired) electrons. The third-order valence-corrected chi connectivity index (χ3v) is 6.69. The fourth-order valence-corrected chi connectivity index (χ4v) is 4.79. The lowest BCUT2D eigenvalue weighted by atomic mass is 9.97. The number of hydrogen-bond donors (Lipinski definition) is 3. The van der Waals surface area contributed by atoms with E-state index in [1.807, 2.05) is 13.0 Å². The van der Waals surface area contributed by atoms with Crippen LogP contribution in [0, 0.1) is 5.82 Å². The molecule has 206 valence electrons. The lowest BCUT2D eigenvalue weighted by molar-refractivity contribution is -0.122. The fourth-order valence-electron chi connectivity index (χ4n) is 4.79. The maximum absolute atomic E-state index is 14.6. The van der Waals surface area contributed by atoms with Gasteiger partial charge in [-0.05, 0) is 82.8 Å². The van der Waals surface area contributed by atoms with Gasteiger partial charge in [0.1, 0.15) is 23.9 Å². The first kappa shape index (κ1) is 26.8. The van der Waals surface area contributed by atoms with Crippen molar-refractivity contribution in [2.75, 3.05) is 14.2 Å². The number of carbonyl (C=O) groups is 1. The van der Waals surface area contributed by atoms with Crippen molar-refractivity contribution in [3.05, 3.63) is 101 Å². The number of methoxy groups -OCH3 is 2. The van der Waals surface area contributed by atoms with Gasteiger partial charge in [0.25, 0.3) is 0 Å². The molecule has 2 heterocycles. The van der Waals surface area contributed by atoms with Gasteiger partial charge < -0.3 is 28.7 Å². The number of ether oxygens (including phenoxy) is 2. The van der Waals surface area contributed by atoms with Crippen molar-refractivity contribution in [2.24, 2.45) is 0 Å².